The minimum Gasteiger partial charge on any atom is -0.375 e. The van der Waals surface area contributed by atoms with Crippen molar-refractivity contribution in [3.05, 3.63) is 65.7 Å². The number of hydrogen-bond donors (Lipinski definition) is 1. The summed E-state index contributed by atoms with van der Waals surface area (Å²) in [5.74, 6) is 2.45. The van der Waals surface area contributed by atoms with E-state index in [1.54, 1.807) is 0 Å². The van der Waals surface area contributed by atoms with E-state index in [1.165, 1.54) is 22.8 Å². The molecule has 1 aliphatic heterocycles. The van der Waals surface area contributed by atoms with Crippen molar-refractivity contribution in [2.45, 2.75) is 11.0 Å². The number of anilines is 1. The van der Waals surface area contributed by atoms with E-state index in [0.717, 1.165) is 18.5 Å². The third kappa shape index (κ3) is 5.19. The number of amides is 1. The van der Waals surface area contributed by atoms with Crippen molar-refractivity contribution in [3.63, 3.8) is 0 Å². The van der Waals surface area contributed by atoms with Crippen molar-refractivity contribution in [1.82, 2.24) is 5.32 Å². The van der Waals surface area contributed by atoms with E-state index in [0.29, 0.717) is 11.1 Å². The van der Waals surface area contributed by atoms with Crippen molar-refractivity contribution in [3.8, 4) is 0 Å². The Morgan fingerprint density at radius 1 is 1.08 bits per heavy atom. The van der Waals surface area contributed by atoms with Crippen LogP contribution in [-0.4, -0.2) is 37.6 Å². The second kappa shape index (κ2) is 9.20. The molecule has 0 aromatic heterocycles. The lowest BCUT2D eigenvalue weighted by Gasteiger charge is -2.19. The molecule has 1 aliphatic rings. The van der Waals surface area contributed by atoms with Crippen LogP contribution in [0.3, 0.4) is 0 Å². The van der Waals surface area contributed by atoms with Gasteiger partial charge in [0.15, 0.2) is 0 Å². The third-order valence-corrected chi connectivity index (χ3v) is 7.32. The van der Waals surface area contributed by atoms with Gasteiger partial charge in [-0.2, -0.15) is 0 Å². The van der Waals surface area contributed by atoms with Crippen LogP contribution >= 0.6 is 23.5 Å². The van der Waals surface area contributed by atoms with Crippen LogP contribution in [0.15, 0.2) is 54.6 Å². The number of nitrogens with one attached hydrogen (secondary N) is 1. The number of para-hydroxylation sites is 1. The van der Waals surface area contributed by atoms with Crippen LogP contribution in [-0.2, 0) is 0 Å². The van der Waals surface area contributed by atoms with Gasteiger partial charge in [0.1, 0.15) is 0 Å². The maximum Gasteiger partial charge on any atom is 0.251 e. The number of rotatable bonds is 7. The third-order valence-electron chi connectivity index (χ3n) is 4.22. The lowest BCUT2D eigenvalue weighted by atomic mass is 10.1. The van der Waals surface area contributed by atoms with Gasteiger partial charge >= 0.3 is 0 Å². The summed E-state index contributed by atoms with van der Waals surface area (Å²) in [7, 11) is 2.08. The fraction of sp³-hybridized carbons (Fsp3) is 0.350. The van der Waals surface area contributed by atoms with E-state index >= 15 is 0 Å². The summed E-state index contributed by atoms with van der Waals surface area (Å²) in [6.07, 6.45) is 0.921. The Bertz CT molecular complexity index is 670. The molecule has 0 radical (unpaired) electrons. The summed E-state index contributed by atoms with van der Waals surface area (Å²) >= 11 is 3.97. The largest absolute Gasteiger partial charge is 0.375 e. The fourth-order valence-corrected chi connectivity index (χ4v) is 5.63. The lowest BCUT2D eigenvalue weighted by molar-refractivity contribution is 0.0953. The molecule has 2 aromatic carbocycles. The zero-order valence-corrected chi connectivity index (χ0v) is 16.1. The van der Waals surface area contributed by atoms with Crippen LogP contribution in [0.5, 0.6) is 0 Å². The van der Waals surface area contributed by atoms with Gasteiger partial charge in [-0.1, -0.05) is 30.3 Å². The Balaban J connectivity index is 1.41. The molecule has 0 spiro atoms. The first kappa shape index (κ1) is 18.2. The monoisotopic (exact) mass is 372 g/mol. The Labute approximate surface area is 158 Å². The van der Waals surface area contributed by atoms with Gasteiger partial charge in [-0.15, -0.1) is 23.5 Å². The number of carbonyl (C=O) groups excluding carboxylic acids is 1. The number of benzene rings is 2. The summed E-state index contributed by atoms with van der Waals surface area (Å²) in [5.41, 5.74) is 3.26. The van der Waals surface area contributed by atoms with Crippen LogP contribution in [0.4, 0.5) is 5.69 Å². The molecule has 5 heteroatoms. The van der Waals surface area contributed by atoms with Crippen molar-refractivity contribution in [1.29, 1.82) is 0 Å². The number of carbonyl (C=O) groups is 1. The van der Waals surface area contributed by atoms with Crippen molar-refractivity contribution in [2.75, 3.05) is 36.5 Å². The van der Waals surface area contributed by atoms with Gasteiger partial charge in [-0.05, 0) is 36.2 Å². The molecular weight excluding hydrogens is 348 g/mol. The summed E-state index contributed by atoms with van der Waals surface area (Å²) in [6, 6.07) is 18.4. The van der Waals surface area contributed by atoms with E-state index in [-0.39, 0.29) is 5.91 Å². The van der Waals surface area contributed by atoms with Crippen LogP contribution in [0.2, 0.25) is 0 Å². The van der Waals surface area contributed by atoms with Gasteiger partial charge in [0.2, 0.25) is 0 Å². The quantitative estimate of drug-likeness (QED) is 0.729. The predicted molar refractivity (Wildman–Crippen MR) is 111 cm³/mol. The van der Waals surface area contributed by atoms with Gasteiger partial charge in [-0.25, -0.2) is 0 Å². The molecule has 2 aromatic rings. The maximum atomic E-state index is 12.3. The Morgan fingerprint density at radius 2 is 1.76 bits per heavy atom. The molecule has 0 unspecified atom stereocenters. The highest BCUT2D eigenvalue weighted by Gasteiger charge is 2.18. The Kier molecular flexibility index (Phi) is 6.70. The standard InChI is InChI=1S/C20H24N2OS2/c1-22(18-6-3-2-4-7-18)13-5-12-21-19(23)16-8-10-17(11-9-16)20-24-14-15-25-20/h2-4,6-11,20H,5,12-15H2,1H3,(H,21,23). The highest BCUT2D eigenvalue weighted by Crippen LogP contribution is 2.45. The molecule has 1 fully saturated rings. The van der Waals surface area contributed by atoms with Gasteiger partial charge in [0.25, 0.3) is 5.91 Å². The highest BCUT2D eigenvalue weighted by molar-refractivity contribution is 8.19. The van der Waals surface area contributed by atoms with Crippen LogP contribution in [0.25, 0.3) is 0 Å². The fourth-order valence-electron chi connectivity index (χ4n) is 2.77. The molecule has 1 N–H and O–H groups in total. The van der Waals surface area contributed by atoms with E-state index in [9.17, 15) is 4.79 Å². The van der Waals surface area contributed by atoms with Gasteiger partial charge in [0.05, 0.1) is 4.58 Å². The molecule has 0 saturated carbocycles. The topological polar surface area (TPSA) is 32.3 Å². The van der Waals surface area contributed by atoms with Gasteiger partial charge in [0, 0.05) is 42.9 Å². The Morgan fingerprint density at radius 3 is 2.44 bits per heavy atom. The molecule has 0 bridgehead atoms. The molecule has 1 saturated heterocycles. The molecule has 0 aliphatic carbocycles. The molecular formula is C20H24N2OS2. The SMILES string of the molecule is CN(CCCNC(=O)c1ccc(C2SCCS2)cc1)c1ccccc1. The van der Waals surface area contributed by atoms with Gasteiger partial charge < -0.3 is 10.2 Å². The van der Waals surface area contributed by atoms with Crippen LogP contribution in [0, 0.1) is 0 Å². The van der Waals surface area contributed by atoms with E-state index in [1.807, 2.05) is 53.9 Å². The first-order valence-electron chi connectivity index (χ1n) is 8.61. The minimum absolute atomic E-state index is 0.0145. The second-order valence-corrected chi connectivity index (χ2v) is 8.79. The number of nitrogens with zero attached hydrogens (tertiary/aromatic N) is 1. The summed E-state index contributed by atoms with van der Waals surface area (Å²) in [6.45, 7) is 1.60. The smallest absolute Gasteiger partial charge is 0.251 e. The van der Waals surface area contributed by atoms with Crippen LogP contribution in [0.1, 0.15) is 26.9 Å². The maximum absolute atomic E-state index is 12.3. The molecule has 132 valence electrons. The molecule has 0 atom stereocenters. The normalized spacial score (nSPS) is 14.4. The second-order valence-electron chi connectivity index (χ2n) is 6.06. The first-order valence-corrected chi connectivity index (χ1v) is 10.7. The summed E-state index contributed by atoms with van der Waals surface area (Å²) in [5, 5.41) is 3.02. The van der Waals surface area contributed by atoms with Crippen molar-refractivity contribution in [2.24, 2.45) is 0 Å². The Hall–Kier alpha value is -1.59. The highest BCUT2D eigenvalue weighted by atomic mass is 32.2. The molecule has 1 heterocycles. The molecule has 1 amide bonds. The zero-order chi connectivity index (χ0) is 17.5. The number of hydrogen-bond acceptors (Lipinski definition) is 4. The van der Waals surface area contributed by atoms with E-state index in [2.05, 4.69) is 41.5 Å². The van der Waals surface area contributed by atoms with Crippen LogP contribution < -0.4 is 10.2 Å². The molecule has 3 nitrogen and oxygen atoms in total. The number of thioether (sulfide) groups is 2. The molecule has 25 heavy (non-hydrogen) atoms. The average molecular weight is 373 g/mol. The first-order chi connectivity index (χ1) is 12.2. The van der Waals surface area contributed by atoms with E-state index < -0.39 is 0 Å². The molecule has 3 rings (SSSR count). The lowest BCUT2D eigenvalue weighted by Crippen LogP contribution is -2.28. The van der Waals surface area contributed by atoms with Crippen molar-refractivity contribution < 1.29 is 4.79 Å². The predicted octanol–water partition coefficient (Wildman–Crippen LogP) is 4.42. The summed E-state index contributed by atoms with van der Waals surface area (Å²) in [4.78, 5) is 14.5. The minimum atomic E-state index is 0.0145. The summed E-state index contributed by atoms with van der Waals surface area (Å²) < 4.78 is 0.533. The van der Waals surface area contributed by atoms with Crippen molar-refractivity contribution >= 4 is 35.1 Å². The van der Waals surface area contributed by atoms with E-state index in [4.69, 9.17) is 0 Å². The zero-order valence-electron chi connectivity index (χ0n) is 14.5. The average Bonchev–Trinajstić information content (AvgIpc) is 3.20. The van der Waals surface area contributed by atoms with Gasteiger partial charge in [-0.3, -0.25) is 4.79 Å².